The van der Waals surface area contributed by atoms with E-state index in [1.54, 1.807) is 6.07 Å². The molecule has 0 saturated carbocycles. The fraction of sp³-hybridized carbons (Fsp3) is 0. The minimum absolute atomic E-state index is 0.0909. The van der Waals surface area contributed by atoms with Crippen LogP contribution in [0.4, 0.5) is 0 Å². The highest BCUT2D eigenvalue weighted by molar-refractivity contribution is 6.35. The van der Waals surface area contributed by atoms with E-state index in [0.717, 1.165) is 33.4 Å². The number of phenols is 1. The lowest BCUT2D eigenvalue weighted by Gasteiger charge is -2.12. The van der Waals surface area contributed by atoms with Crippen LogP contribution < -0.4 is 0 Å². The Hall–Kier alpha value is -3.03. The molecular formula is C24H17ClO. The summed E-state index contributed by atoms with van der Waals surface area (Å²) in [7, 11) is 0. The second-order valence-corrected chi connectivity index (χ2v) is 6.55. The zero-order valence-corrected chi connectivity index (χ0v) is 14.8. The molecule has 0 atom stereocenters. The SMILES string of the molecule is Oc1cc(-c2ccccc2)cc(-c2cccc(-c3ccccc3)c2)c1Cl. The molecule has 1 N–H and O–H groups in total. The van der Waals surface area contributed by atoms with Gasteiger partial charge < -0.3 is 5.11 Å². The van der Waals surface area contributed by atoms with Gasteiger partial charge in [-0.15, -0.1) is 0 Å². The first kappa shape index (κ1) is 16.4. The number of hydrogen-bond acceptors (Lipinski definition) is 1. The van der Waals surface area contributed by atoms with Crippen molar-refractivity contribution in [2.45, 2.75) is 0 Å². The van der Waals surface area contributed by atoms with Gasteiger partial charge in [0, 0.05) is 5.56 Å². The number of benzene rings is 4. The molecule has 0 radical (unpaired) electrons. The average molecular weight is 357 g/mol. The maximum absolute atomic E-state index is 10.4. The Labute approximate surface area is 158 Å². The highest BCUT2D eigenvalue weighted by Crippen LogP contribution is 2.39. The summed E-state index contributed by atoms with van der Waals surface area (Å²) in [6, 6.07) is 32.2. The molecule has 4 aromatic rings. The second-order valence-electron chi connectivity index (χ2n) is 6.17. The number of aromatic hydroxyl groups is 1. The summed E-state index contributed by atoms with van der Waals surface area (Å²) in [5.41, 5.74) is 6.04. The van der Waals surface area contributed by atoms with Crippen LogP contribution in [0.15, 0.2) is 97.1 Å². The van der Waals surface area contributed by atoms with Gasteiger partial charge in [-0.3, -0.25) is 0 Å². The summed E-state index contributed by atoms with van der Waals surface area (Å²) >= 11 is 6.44. The molecule has 0 bridgehead atoms. The Morgan fingerprint density at radius 1 is 0.500 bits per heavy atom. The lowest BCUT2D eigenvalue weighted by molar-refractivity contribution is 0.476. The van der Waals surface area contributed by atoms with Gasteiger partial charge in [0.1, 0.15) is 5.75 Å². The second kappa shape index (κ2) is 7.07. The van der Waals surface area contributed by atoms with E-state index in [-0.39, 0.29) is 5.75 Å². The Kier molecular flexibility index (Phi) is 4.47. The molecule has 0 aromatic heterocycles. The topological polar surface area (TPSA) is 20.2 Å². The van der Waals surface area contributed by atoms with Gasteiger partial charge in [0.2, 0.25) is 0 Å². The van der Waals surface area contributed by atoms with Gasteiger partial charge in [0.15, 0.2) is 0 Å². The minimum atomic E-state index is 0.0909. The van der Waals surface area contributed by atoms with Gasteiger partial charge in [0.05, 0.1) is 5.02 Å². The van der Waals surface area contributed by atoms with Crippen molar-refractivity contribution in [3.63, 3.8) is 0 Å². The molecular weight excluding hydrogens is 340 g/mol. The van der Waals surface area contributed by atoms with Gasteiger partial charge in [-0.25, -0.2) is 0 Å². The number of halogens is 1. The van der Waals surface area contributed by atoms with Gasteiger partial charge in [-0.2, -0.15) is 0 Å². The molecule has 0 aliphatic heterocycles. The third kappa shape index (κ3) is 3.22. The van der Waals surface area contributed by atoms with E-state index in [9.17, 15) is 5.11 Å². The molecule has 0 saturated heterocycles. The molecule has 0 heterocycles. The maximum Gasteiger partial charge on any atom is 0.135 e. The van der Waals surface area contributed by atoms with Crippen LogP contribution in [0.5, 0.6) is 5.75 Å². The lowest BCUT2D eigenvalue weighted by atomic mass is 9.96. The number of hydrogen-bond donors (Lipinski definition) is 1. The Morgan fingerprint density at radius 3 is 1.69 bits per heavy atom. The van der Waals surface area contributed by atoms with Crippen LogP contribution in [0.1, 0.15) is 0 Å². The first-order valence-electron chi connectivity index (χ1n) is 8.46. The molecule has 0 unspecified atom stereocenters. The summed E-state index contributed by atoms with van der Waals surface area (Å²) in [6.07, 6.45) is 0. The Balaban J connectivity index is 1.85. The van der Waals surface area contributed by atoms with Crippen LogP contribution in [-0.2, 0) is 0 Å². The molecule has 0 spiro atoms. The van der Waals surface area contributed by atoms with Crippen LogP contribution in [0.2, 0.25) is 5.02 Å². The zero-order chi connectivity index (χ0) is 17.9. The van der Waals surface area contributed by atoms with E-state index < -0.39 is 0 Å². The van der Waals surface area contributed by atoms with E-state index in [1.807, 2.05) is 66.7 Å². The third-order valence-corrected chi connectivity index (χ3v) is 4.84. The van der Waals surface area contributed by atoms with Gasteiger partial charge in [-0.1, -0.05) is 90.5 Å². The van der Waals surface area contributed by atoms with E-state index in [2.05, 4.69) is 24.3 Å². The highest BCUT2D eigenvalue weighted by atomic mass is 35.5. The molecule has 4 aromatic carbocycles. The Bertz CT molecular complexity index is 1040. The molecule has 26 heavy (non-hydrogen) atoms. The molecule has 0 amide bonds. The average Bonchev–Trinajstić information content (AvgIpc) is 2.71. The Morgan fingerprint density at radius 2 is 1.04 bits per heavy atom. The lowest BCUT2D eigenvalue weighted by Crippen LogP contribution is -1.86. The summed E-state index contributed by atoms with van der Waals surface area (Å²) in [4.78, 5) is 0. The van der Waals surface area contributed by atoms with E-state index in [0.29, 0.717) is 5.02 Å². The number of phenolic OH excluding ortho intramolecular Hbond substituents is 1. The third-order valence-electron chi connectivity index (χ3n) is 4.44. The highest BCUT2D eigenvalue weighted by Gasteiger charge is 2.12. The van der Waals surface area contributed by atoms with Crippen molar-refractivity contribution in [1.29, 1.82) is 0 Å². The summed E-state index contributed by atoms with van der Waals surface area (Å²) in [5, 5.41) is 10.7. The summed E-state index contributed by atoms with van der Waals surface area (Å²) in [5.74, 6) is 0.0909. The van der Waals surface area contributed by atoms with Gasteiger partial charge in [0.25, 0.3) is 0 Å². The quantitative estimate of drug-likeness (QED) is 0.417. The van der Waals surface area contributed by atoms with Crippen molar-refractivity contribution in [2.75, 3.05) is 0 Å². The van der Waals surface area contributed by atoms with Crippen LogP contribution in [0, 0.1) is 0 Å². The predicted molar refractivity (Wildman–Crippen MR) is 109 cm³/mol. The molecule has 4 rings (SSSR count). The van der Waals surface area contributed by atoms with Gasteiger partial charge >= 0.3 is 0 Å². The molecule has 1 nitrogen and oxygen atoms in total. The van der Waals surface area contributed by atoms with Crippen molar-refractivity contribution in [3.05, 3.63) is 102 Å². The molecule has 0 aliphatic rings. The van der Waals surface area contributed by atoms with Crippen molar-refractivity contribution >= 4 is 11.6 Å². The maximum atomic E-state index is 10.4. The van der Waals surface area contributed by atoms with Crippen molar-refractivity contribution < 1.29 is 5.11 Å². The fourth-order valence-electron chi connectivity index (χ4n) is 3.11. The first-order chi connectivity index (χ1) is 12.7. The fourth-order valence-corrected chi connectivity index (χ4v) is 3.33. The smallest absolute Gasteiger partial charge is 0.135 e. The zero-order valence-electron chi connectivity index (χ0n) is 14.1. The van der Waals surface area contributed by atoms with Gasteiger partial charge in [-0.05, 0) is 46.0 Å². The molecule has 2 heteroatoms. The largest absolute Gasteiger partial charge is 0.506 e. The van der Waals surface area contributed by atoms with Crippen LogP contribution in [0.25, 0.3) is 33.4 Å². The van der Waals surface area contributed by atoms with E-state index >= 15 is 0 Å². The van der Waals surface area contributed by atoms with Crippen molar-refractivity contribution in [1.82, 2.24) is 0 Å². The predicted octanol–water partition coefficient (Wildman–Crippen LogP) is 7.05. The monoisotopic (exact) mass is 356 g/mol. The van der Waals surface area contributed by atoms with Crippen LogP contribution in [-0.4, -0.2) is 5.11 Å². The van der Waals surface area contributed by atoms with Crippen molar-refractivity contribution in [2.24, 2.45) is 0 Å². The van der Waals surface area contributed by atoms with Crippen molar-refractivity contribution in [3.8, 4) is 39.1 Å². The van der Waals surface area contributed by atoms with E-state index in [4.69, 9.17) is 11.6 Å². The molecule has 0 aliphatic carbocycles. The van der Waals surface area contributed by atoms with Crippen LogP contribution >= 0.6 is 11.6 Å². The standard InChI is InChI=1S/C24H17ClO/c25-24-22(15-21(16-23(24)26)18-10-5-2-6-11-18)20-13-7-12-19(14-20)17-8-3-1-4-9-17/h1-16,26H. The number of rotatable bonds is 3. The normalized spacial score (nSPS) is 10.7. The molecule has 126 valence electrons. The summed E-state index contributed by atoms with van der Waals surface area (Å²) < 4.78 is 0. The molecule has 0 fully saturated rings. The summed E-state index contributed by atoms with van der Waals surface area (Å²) in [6.45, 7) is 0. The van der Waals surface area contributed by atoms with E-state index in [1.165, 1.54) is 0 Å². The first-order valence-corrected chi connectivity index (χ1v) is 8.84. The van der Waals surface area contributed by atoms with Crippen LogP contribution in [0.3, 0.4) is 0 Å². The minimum Gasteiger partial charge on any atom is -0.506 e.